The lowest BCUT2D eigenvalue weighted by Crippen LogP contribution is -2.63. The maximum atomic E-state index is 13.3. The highest BCUT2D eigenvalue weighted by molar-refractivity contribution is 5.93. The number of likely N-dealkylation sites (tertiary alicyclic amines) is 1. The van der Waals surface area contributed by atoms with Crippen LogP contribution < -0.4 is 4.90 Å². The van der Waals surface area contributed by atoms with Crippen LogP contribution in [0.4, 0.5) is 23.7 Å². The molecule has 4 rings (SSSR count). The van der Waals surface area contributed by atoms with Crippen LogP contribution in [0.25, 0.3) is 0 Å². The molecule has 7 heteroatoms. The zero-order valence-electron chi connectivity index (χ0n) is 16.2. The van der Waals surface area contributed by atoms with Crippen molar-refractivity contribution in [3.05, 3.63) is 65.7 Å². The summed E-state index contributed by atoms with van der Waals surface area (Å²) in [5.74, 6) is 0. The van der Waals surface area contributed by atoms with Crippen LogP contribution in [-0.2, 0) is 12.7 Å². The van der Waals surface area contributed by atoms with Gasteiger partial charge in [0.05, 0.1) is 18.7 Å². The summed E-state index contributed by atoms with van der Waals surface area (Å²) in [6, 6.07) is 14.9. The smallest absolute Gasteiger partial charge is 0.289 e. The molecule has 29 heavy (non-hydrogen) atoms. The van der Waals surface area contributed by atoms with Crippen molar-refractivity contribution in [2.24, 2.45) is 0 Å². The highest BCUT2D eigenvalue weighted by atomic mass is 19.4. The second-order valence-corrected chi connectivity index (χ2v) is 7.85. The molecule has 154 valence electrons. The Kier molecular flexibility index (Phi) is 5.25. The SMILES string of the molecule is O=C1N(c2ccc(C(F)(F)F)cc2)CCN1[N+]1(Cc2ccccc2)CCCCC1. The maximum Gasteiger partial charge on any atom is 0.416 e. The molecule has 2 heterocycles. The van der Waals surface area contributed by atoms with Crippen molar-refractivity contribution in [3.63, 3.8) is 0 Å². The summed E-state index contributed by atoms with van der Waals surface area (Å²) >= 11 is 0. The fourth-order valence-corrected chi connectivity index (χ4v) is 4.50. The van der Waals surface area contributed by atoms with Crippen molar-refractivity contribution in [2.45, 2.75) is 32.0 Å². The number of anilines is 1. The number of benzene rings is 2. The molecule has 2 aliphatic rings. The molecule has 2 saturated heterocycles. The van der Waals surface area contributed by atoms with Crippen LogP contribution in [0.15, 0.2) is 54.6 Å². The number of nitrogens with zero attached hydrogens (tertiary/aromatic N) is 3. The molecule has 0 atom stereocenters. The van der Waals surface area contributed by atoms with E-state index in [1.165, 1.54) is 24.1 Å². The molecule has 0 spiro atoms. The third-order valence-electron chi connectivity index (χ3n) is 5.97. The first kappa shape index (κ1) is 19.8. The summed E-state index contributed by atoms with van der Waals surface area (Å²) in [6.07, 6.45) is -1.08. The van der Waals surface area contributed by atoms with E-state index in [-0.39, 0.29) is 6.03 Å². The number of alkyl halides is 3. The van der Waals surface area contributed by atoms with Crippen molar-refractivity contribution in [2.75, 3.05) is 31.1 Å². The van der Waals surface area contributed by atoms with Crippen LogP contribution in [0.1, 0.15) is 30.4 Å². The van der Waals surface area contributed by atoms with Gasteiger partial charge in [0.25, 0.3) is 0 Å². The first-order valence-corrected chi connectivity index (χ1v) is 10.1. The molecule has 0 aromatic heterocycles. The van der Waals surface area contributed by atoms with E-state index in [1.54, 1.807) is 4.90 Å². The molecule has 2 aliphatic heterocycles. The largest absolute Gasteiger partial charge is 0.416 e. The van der Waals surface area contributed by atoms with E-state index in [1.807, 2.05) is 23.2 Å². The quantitative estimate of drug-likeness (QED) is 0.653. The molecule has 2 aromatic carbocycles. The van der Waals surface area contributed by atoms with Gasteiger partial charge < -0.3 is 0 Å². The molecule has 0 N–H and O–H groups in total. The second kappa shape index (κ2) is 7.71. The summed E-state index contributed by atoms with van der Waals surface area (Å²) in [6.45, 7) is 3.63. The third kappa shape index (κ3) is 3.96. The minimum atomic E-state index is -4.38. The number of hydrogen-bond donors (Lipinski definition) is 0. The van der Waals surface area contributed by atoms with Crippen LogP contribution in [0.2, 0.25) is 0 Å². The predicted octanol–water partition coefficient (Wildman–Crippen LogP) is 5.06. The number of halogens is 3. The van der Waals surface area contributed by atoms with E-state index >= 15 is 0 Å². The third-order valence-corrected chi connectivity index (χ3v) is 5.97. The normalized spacial score (nSPS) is 19.6. The van der Waals surface area contributed by atoms with Gasteiger partial charge in [0.1, 0.15) is 19.6 Å². The number of quaternary nitrogens is 1. The van der Waals surface area contributed by atoms with E-state index in [0.29, 0.717) is 23.4 Å². The summed E-state index contributed by atoms with van der Waals surface area (Å²) in [5.41, 5.74) is 1.00. The fraction of sp³-hybridized carbons (Fsp3) is 0.409. The molecular formula is C22H25F3N3O+. The van der Waals surface area contributed by atoms with Gasteiger partial charge in [-0.2, -0.15) is 18.2 Å². The van der Waals surface area contributed by atoms with Crippen molar-refractivity contribution in [3.8, 4) is 0 Å². The first-order chi connectivity index (χ1) is 13.9. The van der Waals surface area contributed by atoms with E-state index < -0.39 is 11.7 Å². The van der Waals surface area contributed by atoms with Crippen molar-refractivity contribution in [1.82, 2.24) is 5.01 Å². The Morgan fingerprint density at radius 2 is 1.52 bits per heavy atom. The maximum absolute atomic E-state index is 13.3. The summed E-state index contributed by atoms with van der Waals surface area (Å²) in [7, 11) is 0. The number of carbonyl (C=O) groups excluding carboxylic acids is 1. The van der Waals surface area contributed by atoms with Gasteiger partial charge in [-0.05, 0) is 43.5 Å². The Morgan fingerprint density at radius 3 is 2.14 bits per heavy atom. The molecule has 0 saturated carbocycles. The standard InChI is InChI=1S/C22H25F3N3O/c23-22(24,25)19-9-11-20(12-10-19)26-13-14-27(21(26)29)28(15-5-2-6-16-28)17-18-7-3-1-4-8-18/h1,3-4,7-12H,2,5-6,13-17H2/q+1. The van der Waals surface area contributed by atoms with Gasteiger partial charge in [-0.3, -0.25) is 4.90 Å². The highest BCUT2D eigenvalue weighted by Crippen LogP contribution is 2.33. The van der Waals surface area contributed by atoms with Gasteiger partial charge in [0.15, 0.2) is 0 Å². The molecule has 0 aliphatic carbocycles. The fourth-order valence-electron chi connectivity index (χ4n) is 4.50. The van der Waals surface area contributed by atoms with Gasteiger partial charge in [-0.15, -0.1) is 0 Å². The Labute approximate surface area is 168 Å². The van der Waals surface area contributed by atoms with Gasteiger partial charge in [-0.25, -0.2) is 9.39 Å². The van der Waals surface area contributed by atoms with Crippen molar-refractivity contribution >= 4 is 11.7 Å². The van der Waals surface area contributed by atoms with Crippen molar-refractivity contribution in [1.29, 1.82) is 0 Å². The summed E-state index contributed by atoms with van der Waals surface area (Å²) in [4.78, 5) is 14.9. The van der Waals surface area contributed by atoms with Crippen molar-refractivity contribution < 1.29 is 22.6 Å². The number of amides is 2. The number of urea groups is 1. The number of hydrogen-bond acceptors (Lipinski definition) is 1. The van der Waals surface area contributed by atoms with Crippen LogP contribution in [0.5, 0.6) is 0 Å². The molecule has 0 bridgehead atoms. The zero-order chi connectivity index (χ0) is 20.5. The first-order valence-electron chi connectivity index (χ1n) is 10.1. The lowest BCUT2D eigenvalue weighted by Gasteiger charge is -2.45. The Morgan fingerprint density at radius 1 is 0.862 bits per heavy atom. The number of rotatable bonds is 4. The minimum Gasteiger partial charge on any atom is -0.289 e. The zero-order valence-corrected chi connectivity index (χ0v) is 16.2. The molecule has 2 amide bonds. The van der Waals surface area contributed by atoms with Gasteiger partial charge in [0.2, 0.25) is 0 Å². The molecule has 0 unspecified atom stereocenters. The van der Waals surface area contributed by atoms with E-state index in [4.69, 9.17) is 0 Å². The van der Waals surface area contributed by atoms with Crippen LogP contribution in [0.3, 0.4) is 0 Å². The Hall–Kier alpha value is -2.54. The second-order valence-electron chi connectivity index (χ2n) is 7.85. The van der Waals surface area contributed by atoms with Gasteiger partial charge in [0, 0.05) is 11.3 Å². The van der Waals surface area contributed by atoms with Crippen LogP contribution in [-0.4, -0.2) is 41.8 Å². The average molecular weight is 404 g/mol. The van der Waals surface area contributed by atoms with E-state index in [2.05, 4.69) is 12.1 Å². The lowest BCUT2D eigenvalue weighted by atomic mass is 10.1. The molecule has 0 radical (unpaired) electrons. The van der Waals surface area contributed by atoms with Gasteiger partial charge >= 0.3 is 12.2 Å². The minimum absolute atomic E-state index is 0.123. The average Bonchev–Trinajstić information content (AvgIpc) is 3.11. The predicted molar refractivity (Wildman–Crippen MR) is 105 cm³/mol. The number of piperidine rings is 1. The highest BCUT2D eigenvalue weighted by Gasteiger charge is 2.46. The van der Waals surface area contributed by atoms with E-state index in [9.17, 15) is 18.0 Å². The molecule has 2 fully saturated rings. The monoisotopic (exact) mass is 404 g/mol. The van der Waals surface area contributed by atoms with Crippen LogP contribution >= 0.6 is 0 Å². The molecule has 4 nitrogen and oxygen atoms in total. The summed E-state index contributed by atoms with van der Waals surface area (Å²) < 4.78 is 39.1. The number of carbonyl (C=O) groups is 1. The van der Waals surface area contributed by atoms with Gasteiger partial charge in [-0.1, -0.05) is 30.3 Å². The Balaban J connectivity index is 1.57. The molecular weight excluding hydrogens is 379 g/mol. The summed E-state index contributed by atoms with van der Waals surface area (Å²) in [5, 5.41) is 1.92. The topological polar surface area (TPSA) is 23.6 Å². The van der Waals surface area contributed by atoms with Crippen LogP contribution in [0, 0.1) is 0 Å². The molecule has 2 aromatic rings. The Bertz CT molecular complexity index is 846. The van der Waals surface area contributed by atoms with E-state index in [0.717, 1.165) is 44.6 Å². The lowest BCUT2D eigenvalue weighted by molar-refractivity contribution is -1.04.